The second kappa shape index (κ2) is 6.62. The number of benzene rings is 2. The number of aromatic nitrogens is 2. The van der Waals surface area contributed by atoms with Gasteiger partial charge in [0, 0.05) is 0 Å². The highest BCUT2D eigenvalue weighted by atomic mass is 16.1. The number of nitrogen functional groups attached to an aromatic ring is 1. The zero-order chi connectivity index (χ0) is 16.2. The number of hydrogen-bond donors (Lipinski definition) is 2. The minimum atomic E-state index is -0.134. The van der Waals surface area contributed by atoms with E-state index in [9.17, 15) is 4.79 Å². The quantitative estimate of drug-likeness (QED) is 0.561. The Labute approximate surface area is 134 Å². The molecular weight excluding hydrogens is 288 g/mol. The molecule has 3 aromatic rings. The summed E-state index contributed by atoms with van der Waals surface area (Å²) in [7, 11) is 0. The largest absolute Gasteiger partial charge is 0.293 e. The molecule has 0 amide bonds. The first-order valence-corrected chi connectivity index (χ1v) is 7.82. The standard InChI is InChI=1S/C18H20N4O/c1-2-3-6-13-9-11-14(12-10-13)22-17(23)15-7-4-5-8-16(15)20-18(22)21-19/h4-5,7-12H,2-3,6,19H2,1H3,(H,20,21). The maximum absolute atomic E-state index is 12.8. The van der Waals surface area contributed by atoms with Crippen LogP contribution >= 0.6 is 0 Å². The highest BCUT2D eigenvalue weighted by Gasteiger charge is 2.11. The molecule has 0 atom stereocenters. The van der Waals surface area contributed by atoms with Gasteiger partial charge in [-0.1, -0.05) is 37.6 Å². The Morgan fingerprint density at radius 3 is 2.57 bits per heavy atom. The predicted molar refractivity (Wildman–Crippen MR) is 93.8 cm³/mol. The predicted octanol–water partition coefficient (Wildman–Crippen LogP) is 3.01. The lowest BCUT2D eigenvalue weighted by Gasteiger charge is -2.13. The molecule has 0 radical (unpaired) electrons. The first-order chi connectivity index (χ1) is 11.2. The number of rotatable bonds is 5. The molecular formula is C18H20N4O. The summed E-state index contributed by atoms with van der Waals surface area (Å²) in [5.41, 5.74) is 5.03. The molecule has 0 fully saturated rings. The van der Waals surface area contributed by atoms with Crippen molar-refractivity contribution < 1.29 is 0 Å². The van der Waals surface area contributed by atoms with Gasteiger partial charge in [-0.3, -0.25) is 10.2 Å². The van der Waals surface area contributed by atoms with Crippen molar-refractivity contribution in [1.29, 1.82) is 0 Å². The number of hydrogen-bond acceptors (Lipinski definition) is 4. The van der Waals surface area contributed by atoms with Crippen LogP contribution in [0.25, 0.3) is 16.6 Å². The average molecular weight is 308 g/mol. The van der Waals surface area contributed by atoms with Gasteiger partial charge >= 0.3 is 0 Å². The molecule has 3 N–H and O–H groups in total. The van der Waals surface area contributed by atoms with Crippen LogP contribution in [0.5, 0.6) is 0 Å². The van der Waals surface area contributed by atoms with Crippen LogP contribution in [0.2, 0.25) is 0 Å². The molecule has 0 aliphatic heterocycles. The maximum atomic E-state index is 12.8. The van der Waals surface area contributed by atoms with Gasteiger partial charge in [-0.25, -0.2) is 15.4 Å². The lowest BCUT2D eigenvalue weighted by Crippen LogP contribution is -2.25. The third-order valence-electron chi connectivity index (χ3n) is 3.92. The van der Waals surface area contributed by atoms with Crippen molar-refractivity contribution in [3.05, 3.63) is 64.4 Å². The number of aryl methyl sites for hydroxylation is 1. The number of nitrogens with one attached hydrogen (secondary N) is 1. The molecule has 0 saturated carbocycles. The Hall–Kier alpha value is -2.66. The van der Waals surface area contributed by atoms with Crippen molar-refractivity contribution in [3.63, 3.8) is 0 Å². The average Bonchev–Trinajstić information content (AvgIpc) is 2.60. The van der Waals surface area contributed by atoms with Crippen molar-refractivity contribution in [3.8, 4) is 5.69 Å². The van der Waals surface area contributed by atoms with E-state index in [0.717, 1.165) is 24.9 Å². The monoisotopic (exact) mass is 308 g/mol. The molecule has 1 heterocycles. The number of fused-ring (bicyclic) bond motifs is 1. The number of nitrogens with zero attached hydrogens (tertiary/aromatic N) is 2. The molecule has 0 spiro atoms. The van der Waals surface area contributed by atoms with Gasteiger partial charge < -0.3 is 0 Å². The lowest BCUT2D eigenvalue weighted by atomic mass is 10.1. The third kappa shape index (κ3) is 2.96. The first-order valence-electron chi connectivity index (χ1n) is 7.82. The van der Waals surface area contributed by atoms with E-state index in [1.165, 1.54) is 10.1 Å². The van der Waals surface area contributed by atoms with Crippen LogP contribution < -0.4 is 16.8 Å². The Morgan fingerprint density at radius 2 is 1.87 bits per heavy atom. The SMILES string of the molecule is CCCCc1ccc(-n2c(NN)nc3ccccc3c2=O)cc1. The van der Waals surface area contributed by atoms with Crippen molar-refractivity contribution in [1.82, 2.24) is 9.55 Å². The smallest absolute Gasteiger partial charge is 0.267 e. The van der Waals surface area contributed by atoms with Crippen molar-refractivity contribution >= 4 is 16.9 Å². The van der Waals surface area contributed by atoms with Gasteiger partial charge in [0.1, 0.15) is 0 Å². The van der Waals surface area contributed by atoms with Crippen molar-refractivity contribution in [2.24, 2.45) is 5.84 Å². The second-order valence-electron chi connectivity index (χ2n) is 5.51. The van der Waals surface area contributed by atoms with Gasteiger partial charge in [0.05, 0.1) is 16.6 Å². The van der Waals surface area contributed by atoms with E-state index < -0.39 is 0 Å². The lowest BCUT2D eigenvalue weighted by molar-refractivity contribution is 0.794. The molecule has 0 unspecified atom stereocenters. The molecule has 5 heteroatoms. The van der Waals surface area contributed by atoms with Gasteiger partial charge in [0.25, 0.3) is 5.56 Å². The van der Waals surface area contributed by atoms with Crippen molar-refractivity contribution in [2.45, 2.75) is 26.2 Å². The summed E-state index contributed by atoms with van der Waals surface area (Å²) in [6.07, 6.45) is 3.37. The molecule has 0 aliphatic carbocycles. The van der Waals surface area contributed by atoms with Crippen LogP contribution in [0.4, 0.5) is 5.95 Å². The summed E-state index contributed by atoms with van der Waals surface area (Å²) in [5, 5.41) is 0.571. The molecule has 0 aliphatic rings. The zero-order valence-corrected chi connectivity index (χ0v) is 13.1. The van der Waals surface area contributed by atoms with E-state index in [-0.39, 0.29) is 5.56 Å². The highest BCUT2D eigenvalue weighted by Crippen LogP contribution is 2.16. The summed E-state index contributed by atoms with van der Waals surface area (Å²) < 4.78 is 1.51. The van der Waals surface area contributed by atoms with E-state index in [0.29, 0.717) is 16.9 Å². The van der Waals surface area contributed by atoms with Crippen LogP contribution in [0.3, 0.4) is 0 Å². The van der Waals surface area contributed by atoms with Crippen LogP contribution in [-0.2, 0) is 6.42 Å². The second-order valence-corrected chi connectivity index (χ2v) is 5.51. The van der Waals surface area contributed by atoms with Crippen LogP contribution in [-0.4, -0.2) is 9.55 Å². The maximum Gasteiger partial charge on any atom is 0.267 e. The molecule has 1 aromatic heterocycles. The van der Waals surface area contributed by atoms with Gasteiger partial charge in [-0.15, -0.1) is 0 Å². The van der Waals surface area contributed by atoms with E-state index in [1.54, 1.807) is 12.1 Å². The van der Waals surface area contributed by atoms with Gasteiger partial charge in [-0.2, -0.15) is 0 Å². The fraction of sp³-hybridized carbons (Fsp3) is 0.222. The Balaban J connectivity index is 2.11. The van der Waals surface area contributed by atoms with Crippen LogP contribution in [0, 0.1) is 0 Å². The normalized spacial score (nSPS) is 10.9. The molecule has 3 rings (SSSR count). The summed E-state index contributed by atoms with van der Waals surface area (Å²) in [6, 6.07) is 15.2. The van der Waals surface area contributed by atoms with Gasteiger partial charge in [-0.05, 0) is 42.7 Å². The molecule has 0 saturated heterocycles. The highest BCUT2D eigenvalue weighted by molar-refractivity contribution is 5.79. The third-order valence-corrected chi connectivity index (χ3v) is 3.92. The number of anilines is 1. The summed E-state index contributed by atoms with van der Waals surface area (Å²) in [5.74, 6) is 5.90. The van der Waals surface area contributed by atoms with E-state index >= 15 is 0 Å². The molecule has 2 aromatic carbocycles. The number of para-hydroxylation sites is 1. The first kappa shape index (κ1) is 15.2. The number of hydrazine groups is 1. The summed E-state index contributed by atoms with van der Waals surface area (Å²) in [4.78, 5) is 17.2. The van der Waals surface area contributed by atoms with Crippen molar-refractivity contribution in [2.75, 3.05) is 5.43 Å². The Morgan fingerprint density at radius 1 is 1.13 bits per heavy atom. The van der Waals surface area contributed by atoms with Gasteiger partial charge in [0.2, 0.25) is 5.95 Å². The number of nitrogens with two attached hydrogens (primary N) is 1. The fourth-order valence-electron chi connectivity index (χ4n) is 2.66. The molecule has 118 valence electrons. The number of unbranched alkanes of at least 4 members (excludes halogenated alkanes) is 1. The van der Waals surface area contributed by atoms with Gasteiger partial charge in [0.15, 0.2) is 0 Å². The minimum Gasteiger partial charge on any atom is -0.293 e. The van der Waals surface area contributed by atoms with E-state index in [4.69, 9.17) is 5.84 Å². The van der Waals surface area contributed by atoms with Crippen LogP contribution in [0.1, 0.15) is 25.3 Å². The molecule has 23 heavy (non-hydrogen) atoms. The summed E-state index contributed by atoms with van der Waals surface area (Å²) >= 11 is 0. The molecule has 5 nitrogen and oxygen atoms in total. The molecule has 0 bridgehead atoms. The van der Waals surface area contributed by atoms with E-state index in [2.05, 4.69) is 17.3 Å². The Bertz CT molecular complexity index is 868. The van der Waals surface area contributed by atoms with E-state index in [1.807, 2.05) is 36.4 Å². The zero-order valence-electron chi connectivity index (χ0n) is 13.1. The topological polar surface area (TPSA) is 72.9 Å². The van der Waals surface area contributed by atoms with Crippen LogP contribution in [0.15, 0.2) is 53.3 Å². The summed E-state index contributed by atoms with van der Waals surface area (Å²) in [6.45, 7) is 2.17. The minimum absolute atomic E-state index is 0.134. The Kier molecular flexibility index (Phi) is 4.39. The fourth-order valence-corrected chi connectivity index (χ4v) is 2.66.